The Morgan fingerprint density at radius 3 is 2.10 bits per heavy atom. The molecule has 0 radical (unpaired) electrons. The van der Waals surface area contributed by atoms with Gasteiger partial charge in [-0.2, -0.15) is 0 Å². The first kappa shape index (κ1) is 11.2. The van der Waals surface area contributed by atoms with Crippen molar-refractivity contribution in [2.24, 2.45) is 0 Å². The first-order chi connectivity index (χ1) is 4.36. The highest BCUT2D eigenvalue weighted by Crippen LogP contribution is 2.45. The average Bonchev–Trinajstić information content (AvgIpc) is 1.60. The second-order valence-electron chi connectivity index (χ2n) is 2.13. The molecular formula is C3H11NO2P2S2. The summed E-state index contributed by atoms with van der Waals surface area (Å²) < 4.78 is 0. The average molecular weight is 219 g/mol. The van der Waals surface area contributed by atoms with Crippen molar-refractivity contribution in [3.63, 3.8) is 0 Å². The van der Waals surface area contributed by atoms with E-state index < -0.39 is 13.5 Å². The van der Waals surface area contributed by atoms with Gasteiger partial charge in [-0.05, 0) is 11.8 Å². The Balaban J connectivity index is 4.14. The van der Waals surface area contributed by atoms with E-state index in [0.29, 0.717) is 0 Å². The highest BCUT2D eigenvalue weighted by Gasteiger charge is 2.17. The third-order valence-corrected chi connectivity index (χ3v) is 7.31. The van der Waals surface area contributed by atoms with Gasteiger partial charge in [-0.15, -0.1) is 0 Å². The van der Waals surface area contributed by atoms with Gasteiger partial charge in [0.2, 0.25) is 0 Å². The second-order valence-corrected chi connectivity index (χ2v) is 8.75. The SMILES string of the molecule is CC(C)P(O)(=S)N[PH](O)=S. The monoisotopic (exact) mass is 219 g/mol. The Hall–Kier alpha value is 1.18. The zero-order valence-electron chi connectivity index (χ0n) is 5.74. The van der Waals surface area contributed by atoms with Crippen LogP contribution in [0.1, 0.15) is 13.8 Å². The molecule has 0 fully saturated rings. The van der Waals surface area contributed by atoms with Crippen LogP contribution in [0.2, 0.25) is 0 Å². The van der Waals surface area contributed by atoms with Crippen molar-refractivity contribution in [3.05, 3.63) is 0 Å². The van der Waals surface area contributed by atoms with E-state index in [-0.39, 0.29) is 5.66 Å². The molecule has 0 aliphatic heterocycles. The van der Waals surface area contributed by atoms with Crippen molar-refractivity contribution in [3.8, 4) is 0 Å². The smallest absolute Gasteiger partial charge is 0.134 e. The molecule has 0 aromatic rings. The molecule has 3 N–H and O–H groups in total. The molecule has 3 nitrogen and oxygen atoms in total. The summed E-state index contributed by atoms with van der Waals surface area (Å²) in [6, 6.07) is 0. The zero-order chi connectivity index (χ0) is 8.36. The van der Waals surface area contributed by atoms with Gasteiger partial charge in [-0.25, -0.2) is 4.86 Å². The summed E-state index contributed by atoms with van der Waals surface area (Å²) >= 11 is 9.29. The molecule has 0 rings (SSSR count). The summed E-state index contributed by atoms with van der Waals surface area (Å²) in [7, 11) is -2.01. The molecule has 0 aliphatic carbocycles. The summed E-state index contributed by atoms with van der Waals surface area (Å²) in [5.41, 5.74) is -0.0300. The van der Waals surface area contributed by atoms with Gasteiger partial charge >= 0.3 is 0 Å². The first-order valence-electron chi connectivity index (χ1n) is 2.70. The van der Waals surface area contributed by atoms with Crippen molar-refractivity contribution in [2.45, 2.75) is 19.5 Å². The summed E-state index contributed by atoms with van der Waals surface area (Å²) in [4.78, 5) is 20.6. The topological polar surface area (TPSA) is 52.5 Å². The first-order valence-corrected chi connectivity index (χ1v) is 8.10. The molecule has 0 aliphatic rings. The molecule has 0 bridgehead atoms. The Labute approximate surface area is 71.5 Å². The van der Waals surface area contributed by atoms with Gasteiger partial charge in [-0.3, -0.25) is 0 Å². The Kier molecular flexibility index (Phi) is 4.77. The molecule has 10 heavy (non-hydrogen) atoms. The van der Waals surface area contributed by atoms with Gasteiger partial charge in [0.05, 0.1) is 0 Å². The largest absolute Gasteiger partial charge is 0.356 e. The van der Waals surface area contributed by atoms with Gasteiger partial charge in [0.1, 0.15) is 13.5 Å². The van der Waals surface area contributed by atoms with Crippen LogP contribution in [0.15, 0.2) is 0 Å². The van der Waals surface area contributed by atoms with E-state index in [4.69, 9.17) is 16.7 Å². The van der Waals surface area contributed by atoms with E-state index >= 15 is 0 Å². The third kappa shape index (κ3) is 4.14. The van der Waals surface area contributed by atoms with Crippen molar-refractivity contribution in [2.75, 3.05) is 0 Å². The van der Waals surface area contributed by atoms with Gasteiger partial charge in [0.25, 0.3) is 0 Å². The van der Waals surface area contributed by atoms with E-state index in [1.165, 1.54) is 0 Å². The van der Waals surface area contributed by atoms with Crippen LogP contribution in [-0.4, -0.2) is 15.4 Å². The maximum atomic E-state index is 9.38. The molecule has 2 atom stereocenters. The number of nitrogens with one attached hydrogen (secondary N) is 1. The third-order valence-electron chi connectivity index (χ3n) is 0.956. The Bertz CT molecular complexity index is 183. The van der Waals surface area contributed by atoms with E-state index in [1.54, 1.807) is 13.8 Å². The fraction of sp³-hybridized carbons (Fsp3) is 1.00. The van der Waals surface area contributed by atoms with E-state index in [9.17, 15) is 4.89 Å². The van der Waals surface area contributed by atoms with Crippen LogP contribution in [0.25, 0.3) is 0 Å². The van der Waals surface area contributed by atoms with E-state index in [1.807, 2.05) is 0 Å². The van der Waals surface area contributed by atoms with E-state index in [2.05, 4.69) is 16.7 Å². The fourth-order valence-electron chi connectivity index (χ4n) is 0.266. The van der Waals surface area contributed by atoms with Crippen LogP contribution in [0.3, 0.4) is 0 Å². The predicted molar refractivity (Wildman–Crippen MR) is 52.7 cm³/mol. The van der Waals surface area contributed by atoms with Crippen molar-refractivity contribution in [1.82, 2.24) is 4.86 Å². The highest BCUT2D eigenvalue weighted by molar-refractivity contribution is 8.15. The van der Waals surface area contributed by atoms with Crippen LogP contribution in [-0.2, 0) is 23.6 Å². The lowest BCUT2D eigenvalue weighted by atomic mass is 10.6. The molecule has 0 amide bonds. The quantitative estimate of drug-likeness (QED) is 0.612. The maximum absolute atomic E-state index is 9.38. The Morgan fingerprint density at radius 1 is 1.60 bits per heavy atom. The Morgan fingerprint density at radius 2 is 2.00 bits per heavy atom. The summed E-state index contributed by atoms with van der Waals surface area (Å²) in [6.07, 6.45) is -2.55. The molecule has 0 saturated carbocycles. The standard InChI is InChI=1S/C3H11NO2P2S2/c1-3(2)8(6,10)4-7(5)9/h3,7H,1-2H3,(H3,4,5,6,9,10). The van der Waals surface area contributed by atoms with Gasteiger partial charge in [0.15, 0.2) is 0 Å². The minimum atomic E-state index is -2.55. The highest BCUT2D eigenvalue weighted by atomic mass is 32.5. The van der Waals surface area contributed by atoms with Gasteiger partial charge < -0.3 is 9.79 Å². The minimum Gasteiger partial charge on any atom is -0.356 e. The van der Waals surface area contributed by atoms with Crippen molar-refractivity contribution >= 4 is 37.1 Å². The van der Waals surface area contributed by atoms with Crippen molar-refractivity contribution < 1.29 is 9.79 Å². The molecule has 0 spiro atoms. The normalized spacial score (nSPS) is 20.5. The molecule has 62 valence electrons. The zero-order valence-corrected chi connectivity index (χ0v) is 9.26. The second kappa shape index (κ2) is 4.27. The van der Waals surface area contributed by atoms with Crippen LogP contribution < -0.4 is 4.86 Å². The summed E-state index contributed by atoms with van der Waals surface area (Å²) in [5, 5.41) is 0. The molecule has 0 aromatic carbocycles. The summed E-state index contributed by atoms with van der Waals surface area (Å²) in [6.45, 7) is 3.60. The number of hydrogen-bond acceptors (Lipinski definition) is 2. The van der Waals surface area contributed by atoms with Crippen LogP contribution in [0, 0.1) is 0 Å². The lowest BCUT2D eigenvalue weighted by molar-refractivity contribution is 0.596. The lowest BCUT2D eigenvalue weighted by Gasteiger charge is -2.19. The fourth-order valence-corrected chi connectivity index (χ4v) is 4.95. The number of hydrogen-bond donors (Lipinski definition) is 3. The molecule has 0 heterocycles. The molecule has 2 unspecified atom stereocenters. The summed E-state index contributed by atoms with van der Waals surface area (Å²) in [5.74, 6) is 0. The van der Waals surface area contributed by atoms with Crippen molar-refractivity contribution in [1.29, 1.82) is 0 Å². The van der Waals surface area contributed by atoms with E-state index in [0.717, 1.165) is 0 Å². The number of rotatable bonds is 3. The van der Waals surface area contributed by atoms with Gasteiger partial charge in [0, 0.05) is 5.66 Å². The minimum absolute atomic E-state index is 0.0300. The maximum Gasteiger partial charge on any atom is 0.134 e. The molecule has 7 heteroatoms. The van der Waals surface area contributed by atoms with Crippen LogP contribution >= 0.6 is 13.5 Å². The van der Waals surface area contributed by atoms with Gasteiger partial charge in [-0.1, -0.05) is 25.7 Å². The predicted octanol–water partition coefficient (Wildman–Crippen LogP) is 0.785. The lowest BCUT2D eigenvalue weighted by Crippen LogP contribution is -2.08. The molecule has 0 saturated heterocycles. The molecule has 0 aromatic heterocycles. The molecular weight excluding hydrogens is 208 g/mol. The van der Waals surface area contributed by atoms with Crippen LogP contribution in [0.5, 0.6) is 0 Å². The van der Waals surface area contributed by atoms with Crippen LogP contribution in [0.4, 0.5) is 0 Å².